The number of carbonyl (C=O) groups is 2. The molecule has 0 saturated heterocycles. The molecule has 1 fully saturated rings. The van der Waals surface area contributed by atoms with Crippen molar-refractivity contribution in [3.63, 3.8) is 0 Å². The van der Waals surface area contributed by atoms with E-state index in [2.05, 4.69) is 14.9 Å². The lowest BCUT2D eigenvalue weighted by Gasteiger charge is -2.27. The molecule has 8 heteroatoms. The van der Waals surface area contributed by atoms with Gasteiger partial charge in [-0.05, 0) is 36.8 Å². The second-order valence-electron chi connectivity index (χ2n) is 7.51. The first-order valence-corrected chi connectivity index (χ1v) is 10.2. The monoisotopic (exact) mass is 383 g/mol. The van der Waals surface area contributed by atoms with E-state index in [1.807, 2.05) is 11.0 Å². The maximum Gasteiger partial charge on any atom is 0.257 e. The average molecular weight is 383 g/mol. The minimum absolute atomic E-state index is 0.0262. The molecule has 0 aromatic carbocycles. The van der Waals surface area contributed by atoms with Crippen molar-refractivity contribution < 1.29 is 9.59 Å². The third-order valence-corrected chi connectivity index (χ3v) is 6.73. The fraction of sp³-hybridized carbons (Fsp3) is 0.474. The van der Waals surface area contributed by atoms with E-state index in [0.29, 0.717) is 18.4 Å². The Morgan fingerprint density at radius 3 is 2.70 bits per heavy atom. The fourth-order valence-electron chi connectivity index (χ4n) is 3.83. The topological polar surface area (TPSA) is 69.6 Å². The van der Waals surface area contributed by atoms with Crippen molar-refractivity contribution in [3.8, 4) is 0 Å². The lowest BCUT2D eigenvalue weighted by atomic mass is 10.0. The van der Waals surface area contributed by atoms with E-state index in [1.54, 1.807) is 35.7 Å². The number of nitrogens with zero attached hydrogens (tertiary/aromatic N) is 5. The van der Waals surface area contributed by atoms with Gasteiger partial charge in [-0.2, -0.15) is 0 Å². The molecule has 2 aliphatic heterocycles. The first kappa shape index (κ1) is 16.7. The van der Waals surface area contributed by atoms with Crippen LogP contribution in [0, 0.1) is 5.92 Å². The number of rotatable bonds is 3. The van der Waals surface area contributed by atoms with Gasteiger partial charge < -0.3 is 14.7 Å². The summed E-state index contributed by atoms with van der Waals surface area (Å²) >= 11 is 1.60. The van der Waals surface area contributed by atoms with Gasteiger partial charge in [0, 0.05) is 37.4 Å². The van der Waals surface area contributed by atoms with Crippen molar-refractivity contribution in [2.75, 3.05) is 36.5 Å². The smallest absolute Gasteiger partial charge is 0.257 e. The molecular formula is C19H21N5O2S. The molecule has 2 aromatic heterocycles. The van der Waals surface area contributed by atoms with E-state index < -0.39 is 0 Å². The summed E-state index contributed by atoms with van der Waals surface area (Å²) in [6.45, 7) is 2.34. The van der Waals surface area contributed by atoms with Gasteiger partial charge in [0.05, 0.1) is 12.1 Å². The van der Waals surface area contributed by atoms with Crippen LogP contribution in [0.15, 0.2) is 18.5 Å². The molecule has 0 atom stereocenters. The summed E-state index contributed by atoms with van der Waals surface area (Å²) < 4.78 is 0. The number of aromatic nitrogens is 2. The minimum Gasteiger partial charge on any atom is -0.335 e. The Hall–Kier alpha value is -2.48. The van der Waals surface area contributed by atoms with Gasteiger partial charge >= 0.3 is 0 Å². The van der Waals surface area contributed by atoms with Gasteiger partial charge in [0.1, 0.15) is 11.5 Å². The third-order valence-electron chi connectivity index (χ3n) is 5.49. The minimum atomic E-state index is -0.0291. The van der Waals surface area contributed by atoms with Crippen LogP contribution in [0.3, 0.4) is 0 Å². The predicted molar refractivity (Wildman–Crippen MR) is 103 cm³/mol. The summed E-state index contributed by atoms with van der Waals surface area (Å²) in [7, 11) is 1.72. The molecule has 0 radical (unpaired) electrons. The Labute approximate surface area is 161 Å². The van der Waals surface area contributed by atoms with Crippen molar-refractivity contribution in [2.24, 2.45) is 5.92 Å². The predicted octanol–water partition coefficient (Wildman–Crippen LogP) is 1.93. The van der Waals surface area contributed by atoms with Crippen LogP contribution in [-0.4, -0.2) is 53.4 Å². The lowest BCUT2D eigenvalue weighted by Crippen LogP contribution is -2.38. The Balaban J connectivity index is 1.54. The van der Waals surface area contributed by atoms with Crippen molar-refractivity contribution >= 4 is 34.1 Å². The number of fused-ring (bicyclic) bond motifs is 3. The average Bonchev–Trinajstić information content (AvgIpc) is 3.44. The Kier molecular flexibility index (Phi) is 3.89. The Bertz CT molecular complexity index is 908. The highest BCUT2D eigenvalue weighted by Crippen LogP contribution is 2.43. The van der Waals surface area contributed by atoms with Gasteiger partial charge in [0.15, 0.2) is 0 Å². The van der Waals surface area contributed by atoms with Crippen LogP contribution in [-0.2, 0) is 17.8 Å². The fourth-order valence-corrected chi connectivity index (χ4v) is 5.21. The third kappa shape index (κ3) is 2.88. The molecule has 2 aromatic rings. The molecule has 5 rings (SSSR count). The lowest BCUT2D eigenvalue weighted by molar-refractivity contribution is -0.119. The first-order chi connectivity index (χ1) is 13.1. The number of hydrogen-bond acceptors (Lipinski definition) is 6. The van der Waals surface area contributed by atoms with Gasteiger partial charge in [-0.1, -0.05) is 0 Å². The zero-order valence-electron chi connectivity index (χ0n) is 15.2. The highest BCUT2D eigenvalue weighted by Gasteiger charge is 2.39. The molecule has 0 N–H and O–H groups in total. The molecule has 27 heavy (non-hydrogen) atoms. The summed E-state index contributed by atoms with van der Waals surface area (Å²) in [4.78, 5) is 41.3. The van der Waals surface area contributed by atoms with Crippen LogP contribution in [0.5, 0.6) is 0 Å². The van der Waals surface area contributed by atoms with Gasteiger partial charge in [0.2, 0.25) is 11.9 Å². The Morgan fingerprint density at radius 2 is 1.96 bits per heavy atom. The zero-order valence-corrected chi connectivity index (χ0v) is 16.0. The van der Waals surface area contributed by atoms with Crippen LogP contribution in [0.25, 0.3) is 0 Å². The molecule has 1 aliphatic carbocycles. The first-order valence-electron chi connectivity index (χ1n) is 9.34. The molecular weight excluding hydrogens is 362 g/mol. The van der Waals surface area contributed by atoms with Gasteiger partial charge in [0.25, 0.3) is 5.91 Å². The SMILES string of the molecule is CN1CC(=O)N(CC2CC2)c2sc3c(c2C1=O)CCN(c1ncccn1)C3. The maximum atomic E-state index is 13.0. The number of amides is 2. The van der Waals surface area contributed by atoms with Crippen molar-refractivity contribution in [1.29, 1.82) is 0 Å². The highest BCUT2D eigenvalue weighted by molar-refractivity contribution is 7.17. The number of likely N-dealkylation sites (N-methyl/N-ethyl adjacent to an activating group) is 1. The number of carbonyl (C=O) groups excluding carboxylic acids is 2. The summed E-state index contributed by atoms with van der Waals surface area (Å²) in [6.07, 6.45) is 6.61. The molecule has 4 heterocycles. The normalized spacial score (nSPS) is 19.8. The quantitative estimate of drug-likeness (QED) is 0.810. The number of hydrogen-bond donors (Lipinski definition) is 0. The van der Waals surface area contributed by atoms with Crippen molar-refractivity contribution in [1.82, 2.24) is 14.9 Å². The van der Waals surface area contributed by atoms with Crippen LogP contribution in [0.1, 0.15) is 33.6 Å². The van der Waals surface area contributed by atoms with E-state index in [0.717, 1.165) is 40.5 Å². The standard InChI is InChI=1S/C19H21N5O2S/c1-22-11-15(25)24(9-12-3-4-12)18-16(17(22)26)13-5-8-23(10-14(13)27-18)19-20-6-2-7-21-19/h2,6-7,12H,3-5,8-11H2,1H3. The molecule has 7 nitrogen and oxygen atoms in total. The zero-order chi connectivity index (χ0) is 18.5. The summed E-state index contributed by atoms with van der Waals surface area (Å²) in [5.41, 5.74) is 1.85. The van der Waals surface area contributed by atoms with Crippen LogP contribution >= 0.6 is 11.3 Å². The van der Waals surface area contributed by atoms with E-state index in [4.69, 9.17) is 0 Å². The molecule has 0 bridgehead atoms. The molecule has 2 amide bonds. The second-order valence-corrected chi connectivity index (χ2v) is 8.60. The highest BCUT2D eigenvalue weighted by atomic mass is 32.1. The largest absolute Gasteiger partial charge is 0.335 e. The van der Waals surface area contributed by atoms with E-state index >= 15 is 0 Å². The molecule has 3 aliphatic rings. The molecule has 140 valence electrons. The van der Waals surface area contributed by atoms with Crippen molar-refractivity contribution in [2.45, 2.75) is 25.8 Å². The maximum absolute atomic E-state index is 13.0. The van der Waals surface area contributed by atoms with Crippen LogP contribution in [0.4, 0.5) is 10.9 Å². The Morgan fingerprint density at radius 1 is 1.19 bits per heavy atom. The van der Waals surface area contributed by atoms with E-state index in [-0.39, 0.29) is 18.4 Å². The molecule has 0 unspecified atom stereocenters. The summed E-state index contributed by atoms with van der Waals surface area (Å²) in [6, 6.07) is 1.81. The molecule has 0 spiro atoms. The molecule has 1 saturated carbocycles. The number of thiophene rings is 1. The van der Waals surface area contributed by atoms with Gasteiger partial charge in [-0.25, -0.2) is 9.97 Å². The van der Waals surface area contributed by atoms with E-state index in [1.165, 1.54) is 12.8 Å². The van der Waals surface area contributed by atoms with Crippen LogP contribution < -0.4 is 9.80 Å². The second kappa shape index (κ2) is 6.30. The van der Waals surface area contributed by atoms with Crippen molar-refractivity contribution in [3.05, 3.63) is 34.5 Å². The van der Waals surface area contributed by atoms with E-state index in [9.17, 15) is 9.59 Å². The van der Waals surface area contributed by atoms with Gasteiger partial charge in [-0.3, -0.25) is 9.59 Å². The number of anilines is 2. The summed E-state index contributed by atoms with van der Waals surface area (Å²) in [5, 5.41) is 0.849. The van der Waals surface area contributed by atoms with Crippen LogP contribution in [0.2, 0.25) is 0 Å². The summed E-state index contributed by atoms with van der Waals surface area (Å²) in [5.74, 6) is 1.28. The van der Waals surface area contributed by atoms with Gasteiger partial charge in [-0.15, -0.1) is 11.3 Å².